The molecule has 0 bridgehead atoms. The van der Waals surface area contributed by atoms with Crippen LogP contribution >= 0.6 is 0 Å². The third-order valence-electron chi connectivity index (χ3n) is 3.77. The molecule has 0 aromatic rings. The van der Waals surface area contributed by atoms with Gasteiger partial charge in [0.05, 0.1) is 0 Å². The van der Waals surface area contributed by atoms with Crippen LogP contribution in [0.25, 0.3) is 0 Å². The van der Waals surface area contributed by atoms with Gasteiger partial charge in [-0.2, -0.15) is 0 Å². The fraction of sp³-hybridized carbons (Fsp3) is 0.556. The molecule has 0 aliphatic rings. The van der Waals surface area contributed by atoms with Gasteiger partial charge in [-0.3, -0.25) is 4.79 Å². The number of esters is 1. The van der Waals surface area contributed by atoms with E-state index in [1.807, 2.05) is 39.0 Å². The Kier molecular flexibility index (Phi) is 9.32. The zero-order valence-electron chi connectivity index (χ0n) is 17.1. The summed E-state index contributed by atoms with van der Waals surface area (Å²) in [5, 5.41) is 0.799. The van der Waals surface area contributed by atoms with E-state index >= 15 is 0 Å². The molecule has 0 aromatic heterocycles. The van der Waals surface area contributed by atoms with Gasteiger partial charge in [-0.05, 0) is 63.8 Å². The fourth-order valence-electron chi connectivity index (χ4n) is 2.08. The number of hydrogen-bond donors (Lipinski definition) is 0. The van der Waals surface area contributed by atoms with Gasteiger partial charge in [-0.15, -0.1) is 0 Å². The molecule has 5 nitrogen and oxygen atoms in total. The highest BCUT2D eigenvalue weighted by molar-refractivity contribution is 6.83. The van der Waals surface area contributed by atoms with E-state index in [2.05, 4.69) is 19.7 Å². The minimum Gasteiger partial charge on any atom is -0.458 e. The zero-order chi connectivity index (χ0) is 19.9. The second-order valence-corrected chi connectivity index (χ2v) is 13.4. The molecule has 0 saturated carbocycles. The number of Topliss-reactive ketones (excluding diaryl/α,β-unsaturated/α-hetero) is 1. The number of ether oxygens (including phenoxy) is 1. The molecule has 7 heteroatoms. The maximum absolute atomic E-state index is 12.4. The van der Waals surface area contributed by atoms with E-state index in [1.54, 1.807) is 13.0 Å². The molecule has 0 fully saturated rings. The standard InChI is InChI=1S/C18H32NO4Si2/c1-13(11-14(2)19(5)6)17(16(4)20)18(21)22-12-15(3)25(9,10)23-24(7)8/h11H,3,12H2,1-2,4-10H3/b14-11-,17-13+. The van der Waals surface area contributed by atoms with Crippen molar-refractivity contribution in [3.8, 4) is 0 Å². The topological polar surface area (TPSA) is 55.8 Å². The normalized spacial score (nSPS) is 13.4. The minimum atomic E-state index is -2.11. The fourth-order valence-corrected chi connectivity index (χ4v) is 7.16. The Morgan fingerprint density at radius 3 is 2.08 bits per heavy atom. The Morgan fingerprint density at radius 2 is 1.68 bits per heavy atom. The molecule has 1 radical (unpaired) electrons. The molecule has 0 N–H and O–H groups in total. The third kappa shape index (κ3) is 7.98. The second-order valence-electron chi connectivity index (χ2n) is 6.99. The number of allylic oxidation sites excluding steroid dienone is 3. The number of carbonyl (C=O) groups is 2. The van der Waals surface area contributed by atoms with Crippen LogP contribution in [0.15, 0.2) is 34.7 Å². The molecule has 0 aromatic carbocycles. The first-order chi connectivity index (χ1) is 11.3. The Morgan fingerprint density at radius 1 is 1.16 bits per heavy atom. The highest BCUT2D eigenvalue weighted by Gasteiger charge is 2.29. The van der Waals surface area contributed by atoms with Gasteiger partial charge in [0.2, 0.25) is 8.32 Å². The van der Waals surface area contributed by atoms with E-state index in [1.165, 1.54) is 6.92 Å². The molecule has 0 atom stereocenters. The van der Waals surface area contributed by atoms with Crippen molar-refractivity contribution >= 4 is 29.1 Å². The van der Waals surface area contributed by atoms with Crippen molar-refractivity contribution in [2.24, 2.45) is 0 Å². The summed E-state index contributed by atoms with van der Waals surface area (Å²) in [5.41, 5.74) is 1.61. The number of ketones is 1. The summed E-state index contributed by atoms with van der Waals surface area (Å²) >= 11 is 0. The summed E-state index contributed by atoms with van der Waals surface area (Å²) in [5.74, 6) is -0.923. The summed E-state index contributed by atoms with van der Waals surface area (Å²) < 4.78 is 11.4. The Bertz CT molecular complexity index is 590. The van der Waals surface area contributed by atoms with Crippen molar-refractivity contribution in [1.82, 2.24) is 4.90 Å². The van der Waals surface area contributed by atoms with Crippen LogP contribution in [-0.2, 0) is 18.4 Å². The first kappa shape index (κ1) is 23.6. The van der Waals surface area contributed by atoms with Gasteiger partial charge in [0.15, 0.2) is 14.8 Å². The van der Waals surface area contributed by atoms with Crippen LogP contribution in [0.2, 0.25) is 26.2 Å². The second kappa shape index (κ2) is 9.89. The molecule has 0 aliphatic heterocycles. The first-order valence-corrected chi connectivity index (χ1v) is 13.5. The van der Waals surface area contributed by atoms with E-state index in [9.17, 15) is 9.59 Å². The van der Waals surface area contributed by atoms with Crippen LogP contribution in [0.5, 0.6) is 0 Å². The van der Waals surface area contributed by atoms with Crippen molar-refractivity contribution in [2.75, 3.05) is 20.7 Å². The molecule has 0 saturated heterocycles. The van der Waals surface area contributed by atoms with E-state index in [0.29, 0.717) is 5.57 Å². The Labute approximate surface area is 155 Å². The lowest BCUT2D eigenvalue weighted by molar-refractivity contribution is -0.139. The van der Waals surface area contributed by atoms with Gasteiger partial charge in [0, 0.05) is 19.8 Å². The molecule has 25 heavy (non-hydrogen) atoms. The van der Waals surface area contributed by atoms with Crippen LogP contribution in [0.1, 0.15) is 20.8 Å². The summed E-state index contributed by atoms with van der Waals surface area (Å²) in [7, 11) is 0.837. The first-order valence-electron chi connectivity index (χ1n) is 8.21. The lowest BCUT2D eigenvalue weighted by Crippen LogP contribution is -2.39. The molecule has 141 valence electrons. The highest BCUT2D eigenvalue weighted by Crippen LogP contribution is 2.18. The lowest BCUT2D eigenvalue weighted by atomic mass is 10.1. The molecular weight excluding hydrogens is 350 g/mol. The number of carbonyl (C=O) groups excluding carboxylic acids is 2. The quantitative estimate of drug-likeness (QED) is 0.153. The van der Waals surface area contributed by atoms with E-state index in [-0.39, 0.29) is 18.0 Å². The largest absolute Gasteiger partial charge is 0.458 e. The number of nitrogens with zero attached hydrogens (tertiary/aromatic N) is 1. The predicted octanol–water partition coefficient (Wildman–Crippen LogP) is 3.47. The van der Waals surface area contributed by atoms with Gasteiger partial charge >= 0.3 is 5.97 Å². The zero-order valence-corrected chi connectivity index (χ0v) is 19.1. The maximum atomic E-state index is 12.4. The minimum absolute atomic E-state index is 0.0742. The van der Waals surface area contributed by atoms with Crippen molar-refractivity contribution in [3.05, 3.63) is 34.7 Å². The summed E-state index contributed by atoms with van der Waals surface area (Å²) in [4.78, 5) is 26.3. The van der Waals surface area contributed by atoms with E-state index in [4.69, 9.17) is 8.85 Å². The van der Waals surface area contributed by atoms with Crippen molar-refractivity contribution in [1.29, 1.82) is 0 Å². The molecular formula is C18H32NO4Si2. The van der Waals surface area contributed by atoms with E-state index < -0.39 is 23.3 Å². The molecule has 0 unspecified atom stereocenters. The molecule has 0 amide bonds. The van der Waals surface area contributed by atoms with Crippen LogP contribution in [-0.4, -0.2) is 54.7 Å². The van der Waals surface area contributed by atoms with Crippen LogP contribution in [0.4, 0.5) is 0 Å². The Balaban J connectivity index is 5.26. The SMILES string of the molecule is C=C(COC(=O)/C(C(C)=O)=C(C)/C=C(/C)N(C)C)[Si](C)(C)O[Si](C)C. The molecule has 0 aliphatic carbocycles. The smallest absolute Gasteiger partial charge is 0.342 e. The van der Waals surface area contributed by atoms with E-state index in [0.717, 1.165) is 10.9 Å². The maximum Gasteiger partial charge on any atom is 0.342 e. The average Bonchev–Trinajstić information content (AvgIpc) is 2.42. The van der Waals surface area contributed by atoms with Gasteiger partial charge in [0.1, 0.15) is 12.2 Å². The van der Waals surface area contributed by atoms with Gasteiger partial charge < -0.3 is 13.8 Å². The average molecular weight is 383 g/mol. The van der Waals surface area contributed by atoms with Gasteiger partial charge in [-0.25, -0.2) is 4.79 Å². The van der Waals surface area contributed by atoms with Crippen LogP contribution in [0.3, 0.4) is 0 Å². The monoisotopic (exact) mass is 382 g/mol. The lowest BCUT2D eigenvalue weighted by Gasteiger charge is -2.27. The molecule has 0 heterocycles. The van der Waals surface area contributed by atoms with Gasteiger partial charge in [-0.1, -0.05) is 6.58 Å². The summed E-state index contributed by atoms with van der Waals surface area (Å²) in [6.07, 6.45) is 1.80. The summed E-state index contributed by atoms with van der Waals surface area (Å²) in [6, 6.07) is 0. The highest BCUT2D eigenvalue weighted by atomic mass is 28.4. The van der Waals surface area contributed by atoms with Crippen LogP contribution in [0, 0.1) is 0 Å². The van der Waals surface area contributed by atoms with Crippen molar-refractivity contribution < 1.29 is 18.4 Å². The molecule has 0 spiro atoms. The predicted molar refractivity (Wildman–Crippen MR) is 107 cm³/mol. The molecule has 0 rings (SSSR count). The van der Waals surface area contributed by atoms with Gasteiger partial charge in [0.25, 0.3) is 0 Å². The van der Waals surface area contributed by atoms with Crippen molar-refractivity contribution in [2.45, 2.75) is 47.0 Å². The number of rotatable bonds is 9. The third-order valence-corrected chi connectivity index (χ3v) is 9.29. The van der Waals surface area contributed by atoms with Crippen molar-refractivity contribution in [3.63, 3.8) is 0 Å². The Hall–Kier alpha value is -1.45. The van der Waals surface area contributed by atoms with Crippen LogP contribution < -0.4 is 0 Å². The number of hydrogen-bond acceptors (Lipinski definition) is 5. The summed E-state index contributed by atoms with van der Waals surface area (Å²) in [6.45, 7) is 17.3.